The van der Waals surface area contributed by atoms with Gasteiger partial charge in [0.2, 0.25) is 0 Å². The highest BCUT2D eigenvalue weighted by molar-refractivity contribution is 14.0. The van der Waals surface area contributed by atoms with E-state index < -0.39 is 0 Å². The fourth-order valence-electron chi connectivity index (χ4n) is 2.43. The number of rotatable bonds is 9. The van der Waals surface area contributed by atoms with Crippen LogP contribution in [-0.2, 0) is 9.47 Å². The first-order chi connectivity index (χ1) is 11.6. The van der Waals surface area contributed by atoms with Gasteiger partial charge in [0.15, 0.2) is 5.96 Å². The zero-order chi connectivity index (χ0) is 17.2. The minimum atomic E-state index is 0. The van der Waals surface area contributed by atoms with Gasteiger partial charge in [0.05, 0.1) is 18.8 Å². The first kappa shape index (κ1) is 22.0. The molecule has 1 unspecified atom stereocenters. The molecule has 0 aliphatic carbocycles. The lowest BCUT2D eigenvalue weighted by atomic mass is 10.2. The topological polar surface area (TPSA) is 78.1 Å². The van der Waals surface area contributed by atoms with Crippen LogP contribution in [0, 0.1) is 0 Å². The Morgan fingerprint density at radius 3 is 2.76 bits per heavy atom. The molecule has 1 atom stereocenters. The van der Waals surface area contributed by atoms with Crippen molar-refractivity contribution in [3.05, 3.63) is 24.3 Å². The van der Waals surface area contributed by atoms with E-state index in [0.717, 1.165) is 37.3 Å². The van der Waals surface area contributed by atoms with Crippen LogP contribution >= 0.6 is 24.0 Å². The van der Waals surface area contributed by atoms with Crippen LogP contribution in [0.25, 0.3) is 0 Å². The molecule has 1 saturated heterocycles. The van der Waals surface area contributed by atoms with E-state index in [1.54, 1.807) is 0 Å². The minimum absolute atomic E-state index is 0. The van der Waals surface area contributed by atoms with Gasteiger partial charge in [-0.1, -0.05) is 0 Å². The van der Waals surface area contributed by atoms with Crippen molar-refractivity contribution >= 4 is 35.6 Å². The van der Waals surface area contributed by atoms with Gasteiger partial charge >= 0.3 is 0 Å². The van der Waals surface area contributed by atoms with E-state index in [1.165, 1.54) is 0 Å². The van der Waals surface area contributed by atoms with Crippen molar-refractivity contribution < 1.29 is 14.2 Å². The molecule has 1 aliphatic rings. The summed E-state index contributed by atoms with van der Waals surface area (Å²) in [5, 5.41) is 3.07. The summed E-state index contributed by atoms with van der Waals surface area (Å²) in [5.74, 6) is 1.25. The second-order valence-electron chi connectivity index (χ2n) is 6.15. The normalized spacial score (nSPS) is 17.4. The fourth-order valence-corrected chi connectivity index (χ4v) is 2.43. The number of guanidine groups is 1. The van der Waals surface area contributed by atoms with Gasteiger partial charge in [-0.2, -0.15) is 0 Å². The first-order valence-corrected chi connectivity index (χ1v) is 8.66. The zero-order valence-corrected chi connectivity index (χ0v) is 17.4. The van der Waals surface area contributed by atoms with Gasteiger partial charge in [-0.15, -0.1) is 24.0 Å². The average Bonchev–Trinajstić information content (AvgIpc) is 3.05. The van der Waals surface area contributed by atoms with Crippen LogP contribution in [-0.4, -0.2) is 44.5 Å². The van der Waals surface area contributed by atoms with Crippen molar-refractivity contribution in [2.45, 2.75) is 45.3 Å². The fraction of sp³-hybridized carbons (Fsp3) is 0.611. The summed E-state index contributed by atoms with van der Waals surface area (Å²) >= 11 is 0. The molecule has 1 heterocycles. The Morgan fingerprint density at radius 1 is 1.36 bits per heavy atom. The van der Waals surface area contributed by atoms with Gasteiger partial charge in [0, 0.05) is 25.4 Å². The van der Waals surface area contributed by atoms with Crippen LogP contribution in [0.2, 0.25) is 0 Å². The quantitative estimate of drug-likeness (QED) is 0.254. The molecule has 0 aromatic heterocycles. The molecule has 0 saturated carbocycles. The number of anilines is 1. The van der Waals surface area contributed by atoms with Crippen molar-refractivity contribution in [3.63, 3.8) is 0 Å². The first-order valence-electron chi connectivity index (χ1n) is 8.66. The number of halogens is 1. The number of nitrogens with zero attached hydrogens (tertiary/aromatic N) is 1. The van der Waals surface area contributed by atoms with Crippen LogP contribution in [0.15, 0.2) is 29.3 Å². The zero-order valence-electron chi connectivity index (χ0n) is 15.1. The van der Waals surface area contributed by atoms with Crippen molar-refractivity contribution in [2.75, 3.05) is 31.7 Å². The molecule has 1 aromatic carbocycles. The van der Waals surface area contributed by atoms with Crippen molar-refractivity contribution in [2.24, 2.45) is 10.7 Å². The molecule has 1 aromatic rings. The number of ether oxygens (including phenoxy) is 3. The highest BCUT2D eigenvalue weighted by Crippen LogP contribution is 2.16. The highest BCUT2D eigenvalue weighted by atomic mass is 127. The number of nitrogens with two attached hydrogens (primary N) is 1. The highest BCUT2D eigenvalue weighted by Gasteiger charge is 2.14. The minimum Gasteiger partial charge on any atom is -0.491 e. The molecule has 25 heavy (non-hydrogen) atoms. The molecule has 3 N–H and O–H groups in total. The Bertz CT molecular complexity index is 503. The van der Waals surface area contributed by atoms with E-state index >= 15 is 0 Å². The molecule has 142 valence electrons. The molecular weight excluding hydrogens is 433 g/mol. The molecule has 0 amide bonds. The molecule has 0 bridgehead atoms. The van der Waals surface area contributed by atoms with Crippen LogP contribution in [0.1, 0.15) is 33.1 Å². The lowest BCUT2D eigenvalue weighted by molar-refractivity contribution is 0.0171. The molecule has 2 rings (SSSR count). The maximum Gasteiger partial charge on any atom is 0.193 e. The van der Waals surface area contributed by atoms with Crippen LogP contribution in [0.4, 0.5) is 5.69 Å². The Balaban J connectivity index is 0.00000312. The van der Waals surface area contributed by atoms with E-state index in [-0.39, 0.29) is 36.2 Å². The summed E-state index contributed by atoms with van der Waals surface area (Å²) in [7, 11) is 0. The molecule has 7 heteroatoms. The Hall–Kier alpha value is -1.06. The number of hydrogen-bond donors (Lipinski definition) is 2. The molecule has 6 nitrogen and oxygen atoms in total. The van der Waals surface area contributed by atoms with Crippen molar-refractivity contribution in [1.82, 2.24) is 0 Å². The smallest absolute Gasteiger partial charge is 0.193 e. The molecule has 1 fully saturated rings. The van der Waals surface area contributed by atoms with Gasteiger partial charge in [-0.3, -0.25) is 4.99 Å². The largest absolute Gasteiger partial charge is 0.491 e. The van der Waals surface area contributed by atoms with Crippen LogP contribution in [0.5, 0.6) is 5.75 Å². The maximum atomic E-state index is 5.89. The molecule has 1 aliphatic heterocycles. The summed E-state index contributed by atoms with van der Waals surface area (Å²) in [5.41, 5.74) is 6.78. The van der Waals surface area contributed by atoms with E-state index in [4.69, 9.17) is 19.9 Å². The SMILES string of the molecule is CC(C)Oc1ccc(NC(N)=NCCCOCC2CCCO2)cc1.I. The Labute approximate surface area is 167 Å². The van der Waals surface area contributed by atoms with Crippen molar-refractivity contribution in [1.29, 1.82) is 0 Å². The lowest BCUT2D eigenvalue weighted by Crippen LogP contribution is -2.23. The van der Waals surface area contributed by atoms with Gasteiger partial charge < -0.3 is 25.3 Å². The standard InChI is InChI=1S/C18H29N3O3.HI/c1-14(2)24-16-8-6-15(7-9-16)21-18(19)20-10-4-11-22-13-17-5-3-12-23-17;/h6-9,14,17H,3-5,10-13H2,1-2H3,(H3,19,20,21);1H. The van der Waals surface area contributed by atoms with Crippen LogP contribution < -0.4 is 15.8 Å². The third kappa shape index (κ3) is 9.27. The van der Waals surface area contributed by atoms with E-state index in [1.807, 2.05) is 38.1 Å². The molecule has 0 radical (unpaired) electrons. The Kier molecular flexibility index (Phi) is 10.8. The summed E-state index contributed by atoms with van der Waals surface area (Å²) < 4.78 is 16.7. The molecule has 0 spiro atoms. The van der Waals surface area contributed by atoms with E-state index in [2.05, 4.69) is 10.3 Å². The number of nitrogens with one attached hydrogen (secondary N) is 1. The lowest BCUT2D eigenvalue weighted by Gasteiger charge is -2.11. The van der Waals surface area contributed by atoms with Gasteiger partial charge in [-0.05, 0) is 57.4 Å². The number of hydrogen-bond acceptors (Lipinski definition) is 4. The van der Waals surface area contributed by atoms with Crippen molar-refractivity contribution in [3.8, 4) is 5.75 Å². The van der Waals surface area contributed by atoms with Crippen LogP contribution in [0.3, 0.4) is 0 Å². The average molecular weight is 463 g/mol. The monoisotopic (exact) mass is 463 g/mol. The van der Waals surface area contributed by atoms with Gasteiger partial charge in [0.25, 0.3) is 0 Å². The molecular formula is C18H30IN3O3. The number of benzene rings is 1. The third-order valence-corrected chi connectivity index (χ3v) is 3.56. The summed E-state index contributed by atoms with van der Waals surface area (Å²) in [6.45, 7) is 6.87. The van der Waals surface area contributed by atoms with Gasteiger partial charge in [0.1, 0.15) is 5.75 Å². The van der Waals surface area contributed by atoms with E-state index in [0.29, 0.717) is 25.7 Å². The second kappa shape index (κ2) is 12.3. The third-order valence-electron chi connectivity index (χ3n) is 3.56. The number of aliphatic imine (C=N–C) groups is 1. The predicted molar refractivity (Wildman–Crippen MR) is 112 cm³/mol. The van der Waals surface area contributed by atoms with Gasteiger partial charge in [-0.25, -0.2) is 0 Å². The summed E-state index contributed by atoms with van der Waals surface area (Å²) in [6.07, 6.45) is 3.54. The second-order valence-corrected chi connectivity index (χ2v) is 6.15. The maximum absolute atomic E-state index is 5.89. The van der Waals surface area contributed by atoms with E-state index in [9.17, 15) is 0 Å². The Morgan fingerprint density at radius 2 is 2.12 bits per heavy atom. The summed E-state index contributed by atoms with van der Waals surface area (Å²) in [6, 6.07) is 7.67. The predicted octanol–water partition coefficient (Wildman–Crippen LogP) is 3.40. The summed E-state index contributed by atoms with van der Waals surface area (Å²) in [4.78, 5) is 4.30.